The van der Waals surface area contributed by atoms with Crippen LogP contribution in [0.5, 0.6) is 0 Å². The number of nitrogens with zero attached hydrogens (tertiary/aromatic N) is 4. The second-order valence-corrected chi connectivity index (χ2v) is 7.74. The van der Waals surface area contributed by atoms with Gasteiger partial charge in [0.1, 0.15) is 0 Å². The Morgan fingerprint density at radius 2 is 2.08 bits per heavy atom. The third-order valence-electron chi connectivity index (χ3n) is 3.96. The zero-order chi connectivity index (χ0) is 17.1. The fourth-order valence-corrected chi connectivity index (χ4v) is 3.80. The van der Waals surface area contributed by atoms with Crippen molar-refractivity contribution in [2.24, 2.45) is 0 Å². The Morgan fingerprint density at radius 3 is 2.71 bits per heavy atom. The van der Waals surface area contributed by atoms with E-state index in [1.807, 2.05) is 41.8 Å². The van der Waals surface area contributed by atoms with E-state index in [9.17, 15) is 4.79 Å². The van der Waals surface area contributed by atoms with Gasteiger partial charge in [0.05, 0.1) is 6.67 Å². The highest BCUT2D eigenvalue weighted by Gasteiger charge is 2.35. The summed E-state index contributed by atoms with van der Waals surface area (Å²) in [5.41, 5.74) is 1.25. The first-order valence-corrected chi connectivity index (χ1v) is 9.43. The highest BCUT2D eigenvalue weighted by atomic mass is 32.1. The minimum Gasteiger partial charge on any atom is -0.284 e. The summed E-state index contributed by atoms with van der Waals surface area (Å²) in [6.45, 7) is 3.33. The van der Waals surface area contributed by atoms with Crippen LogP contribution in [0.3, 0.4) is 0 Å². The summed E-state index contributed by atoms with van der Waals surface area (Å²) in [7, 11) is 2.05. The predicted octanol–water partition coefficient (Wildman–Crippen LogP) is 3.67. The number of hydrogen-bond acceptors (Lipinski definition) is 5. The topological polar surface area (TPSA) is 41.4 Å². The molecule has 1 aromatic heterocycles. The van der Waals surface area contributed by atoms with Crippen LogP contribution in [0.15, 0.2) is 30.3 Å². The molecule has 2 aromatic rings. The molecule has 0 N–H and O–H groups in total. The highest BCUT2D eigenvalue weighted by Crippen LogP contribution is 2.33. The number of aromatic nitrogens is 2. The van der Waals surface area contributed by atoms with E-state index in [-0.39, 0.29) is 5.91 Å². The molecule has 1 aromatic carbocycles. The van der Waals surface area contributed by atoms with Crippen LogP contribution in [0.1, 0.15) is 31.7 Å². The molecule has 7 heteroatoms. The van der Waals surface area contributed by atoms with Crippen molar-refractivity contribution in [3.05, 3.63) is 39.8 Å². The fraction of sp³-hybridized carbons (Fsp3) is 0.471. The lowest BCUT2D eigenvalue weighted by atomic mass is 10.2. The lowest BCUT2D eigenvalue weighted by Gasteiger charge is -2.18. The minimum atomic E-state index is 0.131. The number of amides is 1. The summed E-state index contributed by atoms with van der Waals surface area (Å²) in [5, 5.41) is 5.35. The van der Waals surface area contributed by atoms with E-state index in [1.165, 1.54) is 16.9 Å². The average molecular weight is 363 g/mol. The third-order valence-corrected chi connectivity index (χ3v) is 5.26. The molecule has 0 saturated heterocycles. The number of benzene rings is 1. The van der Waals surface area contributed by atoms with Crippen LogP contribution in [-0.2, 0) is 18.0 Å². The zero-order valence-electron chi connectivity index (χ0n) is 14.0. The van der Waals surface area contributed by atoms with Gasteiger partial charge in [-0.3, -0.25) is 14.6 Å². The molecular weight excluding hydrogens is 340 g/mol. The van der Waals surface area contributed by atoms with Gasteiger partial charge < -0.3 is 0 Å². The van der Waals surface area contributed by atoms with Crippen molar-refractivity contribution in [3.63, 3.8) is 0 Å². The first kappa shape index (κ1) is 17.3. The molecule has 1 amide bonds. The highest BCUT2D eigenvalue weighted by molar-refractivity contribution is 7.73. The molecule has 0 unspecified atom stereocenters. The van der Waals surface area contributed by atoms with Gasteiger partial charge in [-0.15, -0.1) is 5.10 Å². The van der Waals surface area contributed by atoms with E-state index in [2.05, 4.69) is 22.1 Å². The Balaban J connectivity index is 1.71. The zero-order valence-corrected chi connectivity index (χ0v) is 15.6. The van der Waals surface area contributed by atoms with Crippen LogP contribution in [0.25, 0.3) is 0 Å². The molecule has 1 fully saturated rings. The third kappa shape index (κ3) is 4.09. The molecule has 0 aliphatic heterocycles. The summed E-state index contributed by atoms with van der Waals surface area (Å²) >= 11 is 6.89. The van der Waals surface area contributed by atoms with E-state index in [0.717, 1.165) is 24.5 Å². The summed E-state index contributed by atoms with van der Waals surface area (Å²) in [4.78, 5) is 16.2. The Bertz CT molecular complexity index is 751. The predicted molar refractivity (Wildman–Crippen MR) is 99.6 cm³/mol. The minimum absolute atomic E-state index is 0.131. The van der Waals surface area contributed by atoms with E-state index < -0.39 is 0 Å². The Labute approximate surface area is 151 Å². The van der Waals surface area contributed by atoms with Gasteiger partial charge in [0.2, 0.25) is 11.0 Å². The fourth-order valence-electron chi connectivity index (χ4n) is 2.63. The molecule has 5 nitrogen and oxygen atoms in total. The van der Waals surface area contributed by atoms with Gasteiger partial charge in [-0.25, -0.2) is 4.68 Å². The van der Waals surface area contributed by atoms with Crippen LogP contribution in [0, 0.1) is 3.95 Å². The Hall–Kier alpha value is -1.57. The Morgan fingerprint density at radius 1 is 1.38 bits per heavy atom. The monoisotopic (exact) mass is 362 g/mol. The summed E-state index contributed by atoms with van der Waals surface area (Å²) in [6, 6.07) is 10.6. The van der Waals surface area contributed by atoms with Crippen LogP contribution < -0.4 is 4.90 Å². The maximum atomic E-state index is 12.2. The first-order chi connectivity index (χ1) is 11.6. The summed E-state index contributed by atoms with van der Waals surface area (Å²) in [6.07, 6.45) is 2.62. The number of carbonyl (C=O) groups excluding carboxylic acids is 1. The summed E-state index contributed by atoms with van der Waals surface area (Å²) in [5.74, 6) is 0.131. The van der Waals surface area contributed by atoms with Crippen LogP contribution in [0.2, 0.25) is 0 Å². The molecule has 128 valence electrons. The Kier molecular flexibility index (Phi) is 5.43. The largest absolute Gasteiger partial charge is 0.284 e. The molecule has 0 bridgehead atoms. The average Bonchev–Trinajstić information content (AvgIpc) is 3.33. The normalized spacial score (nSPS) is 14.1. The van der Waals surface area contributed by atoms with Gasteiger partial charge in [-0.05, 0) is 37.7 Å². The van der Waals surface area contributed by atoms with Crippen molar-refractivity contribution >= 4 is 34.6 Å². The second-order valence-electron chi connectivity index (χ2n) is 6.14. The van der Waals surface area contributed by atoms with Gasteiger partial charge in [0.15, 0.2) is 3.95 Å². The van der Waals surface area contributed by atoms with Gasteiger partial charge in [-0.2, -0.15) is 0 Å². The van der Waals surface area contributed by atoms with Crippen molar-refractivity contribution in [2.45, 2.75) is 45.4 Å². The molecule has 1 heterocycles. The van der Waals surface area contributed by atoms with E-state index in [1.54, 1.807) is 0 Å². The molecule has 1 saturated carbocycles. The van der Waals surface area contributed by atoms with Crippen LogP contribution >= 0.6 is 23.6 Å². The van der Waals surface area contributed by atoms with Crippen molar-refractivity contribution < 1.29 is 4.79 Å². The van der Waals surface area contributed by atoms with Crippen LogP contribution in [0.4, 0.5) is 5.13 Å². The van der Waals surface area contributed by atoms with Crippen LogP contribution in [-0.4, -0.2) is 33.7 Å². The molecule has 1 aliphatic carbocycles. The van der Waals surface area contributed by atoms with E-state index in [0.29, 0.717) is 23.1 Å². The number of carbonyl (C=O) groups is 1. The number of hydrogen-bond donors (Lipinski definition) is 0. The quantitative estimate of drug-likeness (QED) is 0.705. The number of rotatable bonds is 7. The first-order valence-electron chi connectivity index (χ1n) is 8.21. The van der Waals surface area contributed by atoms with Gasteiger partial charge in [0, 0.05) is 19.0 Å². The SMILES string of the molecule is CCC(=O)N(c1nn(CN(C)Cc2ccccc2)c(=S)s1)C1CC1. The molecule has 24 heavy (non-hydrogen) atoms. The molecular formula is C17H22N4OS2. The molecule has 1 aliphatic rings. The molecule has 0 radical (unpaired) electrons. The van der Waals surface area contributed by atoms with E-state index in [4.69, 9.17) is 12.2 Å². The lowest BCUT2D eigenvalue weighted by Crippen LogP contribution is -2.32. The van der Waals surface area contributed by atoms with E-state index >= 15 is 0 Å². The van der Waals surface area contributed by atoms with Crippen molar-refractivity contribution in [1.29, 1.82) is 0 Å². The summed E-state index contributed by atoms with van der Waals surface area (Å²) < 4.78 is 2.52. The van der Waals surface area contributed by atoms with Gasteiger partial charge >= 0.3 is 0 Å². The number of anilines is 1. The molecule has 3 rings (SSSR count). The van der Waals surface area contributed by atoms with Crippen molar-refractivity contribution in [1.82, 2.24) is 14.7 Å². The maximum Gasteiger partial charge on any atom is 0.228 e. The second kappa shape index (κ2) is 7.55. The smallest absolute Gasteiger partial charge is 0.228 e. The van der Waals surface area contributed by atoms with Gasteiger partial charge in [-0.1, -0.05) is 48.6 Å². The molecule has 0 atom stereocenters. The molecule has 0 spiro atoms. The van der Waals surface area contributed by atoms with Gasteiger partial charge in [0.25, 0.3) is 0 Å². The maximum absolute atomic E-state index is 12.2. The lowest BCUT2D eigenvalue weighted by molar-refractivity contribution is -0.118. The van der Waals surface area contributed by atoms with Crippen molar-refractivity contribution in [3.8, 4) is 0 Å². The standard InChI is InChI=1S/C17H22N4OS2/c1-3-15(22)21(14-9-10-14)16-18-20(17(23)24-16)12-19(2)11-13-7-5-4-6-8-13/h4-8,14H,3,9-12H2,1-2H3. The van der Waals surface area contributed by atoms with Crippen molar-refractivity contribution in [2.75, 3.05) is 11.9 Å².